The minimum Gasteiger partial charge on any atom is -0.496 e. The molecule has 0 amide bonds. The van der Waals surface area contributed by atoms with Gasteiger partial charge in [-0.3, -0.25) is 0 Å². The van der Waals surface area contributed by atoms with Gasteiger partial charge in [-0.15, -0.1) is 0 Å². The zero-order valence-electron chi connectivity index (χ0n) is 8.87. The Morgan fingerprint density at radius 2 is 2.13 bits per heavy atom. The minimum absolute atomic E-state index is 0.301. The summed E-state index contributed by atoms with van der Waals surface area (Å²) in [6.45, 7) is 0.301. The predicted molar refractivity (Wildman–Crippen MR) is 59.6 cm³/mol. The third kappa shape index (κ3) is 3.70. The third-order valence-electron chi connectivity index (χ3n) is 2.06. The molecule has 0 aliphatic rings. The molecule has 1 unspecified atom stereocenters. The summed E-state index contributed by atoms with van der Waals surface area (Å²) in [5.41, 5.74) is 0.884. The Hall–Kier alpha value is -0.770. The van der Waals surface area contributed by atoms with Crippen molar-refractivity contribution in [2.75, 3.05) is 20.8 Å². The molecule has 0 fully saturated rings. The van der Waals surface area contributed by atoms with Gasteiger partial charge < -0.3 is 14.6 Å². The number of halogens is 1. The maximum Gasteiger partial charge on any atom is 0.122 e. The standard InChI is InChI=1S/C11H15ClO3/c1-14-7-10(13)6-8-5-9(12)3-4-11(8)15-2/h3-5,10,13H,6-7H2,1-2H3. The third-order valence-corrected chi connectivity index (χ3v) is 2.29. The normalized spacial score (nSPS) is 12.5. The lowest BCUT2D eigenvalue weighted by Gasteiger charge is -2.12. The predicted octanol–water partition coefficient (Wildman–Crippen LogP) is 1.90. The SMILES string of the molecule is COCC(O)Cc1cc(Cl)ccc1OC. The van der Waals surface area contributed by atoms with Gasteiger partial charge in [0.1, 0.15) is 5.75 Å². The van der Waals surface area contributed by atoms with Crippen molar-refractivity contribution in [3.05, 3.63) is 28.8 Å². The maximum atomic E-state index is 9.59. The van der Waals surface area contributed by atoms with Gasteiger partial charge in [-0.05, 0) is 23.8 Å². The van der Waals surface area contributed by atoms with Crippen molar-refractivity contribution >= 4 is 11.6 Å². The number of methoxy groups -OCH3 is 2. The summed E-state index contributed by atoms with van der Waals surface area (Å²) >= 11 is 5.87. The molecule has 0 bridgehead atoms. The molecule has 1 atom stereocenters. The van der Waals surface area contributed by atoms with E-state index in [0.717, 1.165) is 11.3 Å². The van der Waals surface area contributed by atoms with E-state index < -0.39 is 6.10 Å². The highest BCUT2D eigenvalue weighted by atomic mass is 35.5. The molecule has 0 aliphatic heterocycles. The van der Waals surface area contributed by atoms with Crippen LogP contribution < -0.4 is 4.74 Å². The fourth-order valence-corrected chi connectivity index (χ4v) is 1.61. The van der Waals surface area contributed by atoms with E-state index in [9.17, 15) is 5.11 Å². The lowest BCUT2D eigenvalue weighted by molar-refractivity contribution is 0.0646. The molecule has 15 heavy (non-hydrogen) atoms. The van der Waals surface area contributed by atoms with Crippen LogP contribution in [0.25, 0.3) is 0 Å². The smallest absolute Gasteiger partial charge is 0.122 e. The first-order valence-electron chi connectivity index (χ1n) is 4.66. The summed E-state index contributed by atoms with van der Waals surface area (Å²) in [5.74, 6) is 0.731. The lowest BCUT2D eigenvalue weighted by atomic mass is 10.1. The van der Waals surface area contributed by atoms with Crippen LogP contribution in [0.15, 0.2) is 18.2 Å². The summed E-state index contributed by atoms with van der Waals surface area (Å²) in [4.78, 5) is 0. The first kappa shape index (κ1) is 12.3. The van der Waals surface area contributed by atoms with Crippen molar-refractivity contribution < 1.29 is 14.6 Å². The van der Waals surface area contributed by atoms with Gasteiger partial charge in [0.25, 0.3) is 0 Å². The van der Waals surface area contributed by atoms with Gasteiger partial charge >= 0.3 is 0 Å². The van der Waals surface area contributed by atoms with Crippen LogP contribution in [0.2, 0.25) is 5.02 Å². The van der Waals surface area contributed by atoms with E-state index in [1.807, 2.05) is 0 Å². The van der Waals surface area contributed by atoms with Gasteiger partial charge in [0.15, 0.2) is 0 Å². The molecular formula is C11H15ClO3. The molecule has 0 aromatic heterocycles. The second-order valence-corrected chi connectivity index (χ2v) is 3.71. The molecule has 84 valence electrons. The zero-order valence-corrected chi connectivity index (χ0v) is 9.62. The highest BCUT2D eigenvalue weighted by Gasteiger charge is 2.10. The minimum atomic E-state index is -0.539. The van der Waals surface area contributed by atoms with Gasteiger partial charge in [-0.1, -0.05) is 11.6 Å². The molecule has 0 saturated heterocycles. The molecule has 3 nitrogen and oxygen atoms in total. The van der Waals surface area contributed by atoms with E-state index in [4.69, 9.17) is 21.1 Å². The van der Waals surface area contributed by atoms with E-state index in [0.29, 0.717) is 18.1 Å². The molecule has 1 aromatic carbocycles. The quantitative estimate of drug-likeness (QED) is 0.840. The Balaban J connectivity index is 2.77. The van der Waals surface area contributed by atoms with E-state index in [2.05, 4.69) is 0 Å². The Morgan fingerprint density at radius 1 is 1.40 bits per heavy atom. The van der Waals surface area contributed by atoms with Gasteiger partial charge in [-0.25, -0.2) is 0 Å². The van der Waals surface area contributed by atoms with Crippen molar-refractivity contribution in [3.8, 4) is 5.75 Å². The Bertz CT molecular complexity index is 315. The van der Waals surface area contributed by atoms with Crippen LogP contribution in [-0.2, 0) is 11.2 Å². The van der Waals surface area contributed by atoms with Gasteiger partial charge in [-0.2, -0.15) is 0 Å². The van der Waals surface area contributed by atoms with Crippen LogP contribution in [0.4, 0.5) is 0 Å². The number of aliphatic hydroxyl groups is 1. The van der Waals surface area contributed by atoms with Crippen LogP contribution in [0.3, 0.4) is 0 Å². The summed E-state index contributed by atoms with van der Waals surface area (Å²) < 4.78 is 10.0. The van der Waals surface area contributed by atoms with Crippen molar-refractivity contribution in [2.45, 2.75) is 12.5 Å². The first-order chi connectivity index (χ1) is 7.17. The molecule has 0 saturated carbocycles. The van der Waals surface area contributed by atoms with Crippen molar-refractivity contribution in [1.82, 2.24) is 0 Å². The monoisotopic (exact) mass is 230 g/mol. The second-order valence-electron chi connectivity index (χ2n) is 3.27. The highest BCUT2D eigenvalue weighted by Crippen LogP contribution is 2.23. The van der Waals surface area contributed by atoms with Gasteiger partial charge in [0.2, 0.25) is 0 Å². The van der Waals surface area contributed by atoms with Gasteiger partial charge in [0, 0.05) is 18.6 Å². The van der Waals surface area contributed by atoms with E-state index in [-0.39, 0.29) is 0 Å². The maximum absolute atomic E-state index is 9.59. The Morgan fingerprint density at radius 3 is 2.73 bits per heavy atom. The Kier molecular flexibility index (Phi) is 4.88. The number of aliphatic hydroxyl groups excluding tert-OH is 1. The fraction of sp³-hybridized carbons (Fsp3) is 0.455. The molecule has 0 heterocycles. The largest absolute Gasteiger partial charge is 0.496 e. The van der Waals surface area contributed by atoms with Crippen molar-refractivity contribution in [3.63, 3.8) is 0 Å². The highest BCUT2D eigenvalue weighted by molar-refractivity contribution is 6.30. The molecule has 0 aliphatic carbocycles. The summed E-state index contributed by atoms with van der Waals surface area (Å²) in [6, 6.07) is 5.34. The van der Waals surface area contributed by atoms with Crippen LogP contribution in [0, 0.1) is 0 Å². The average molecular weight is 231 g/mol. The second kappa shape index (κ2) is 5.95. The van der Waals surface area contributed by atoms with Crippen molar-refractivity contribution in [1.29, 1.82) is 0 Å². The van der Waals surface area contributed by atoms with Gasteiger partial charge in [0.05, 0.1) is 19.8 Å². The zero-order chi connectivity index (χ0) is 11.3. The van der Waals surface area contributed by atoms with Crippen LogP contribution in [-0.4, -0.2) is 32.0 Å². The summed E-state index contributed by atoms with van der Waals surface area (Å²) in [5, 5.41) is 10.2. The molecule has 1 rings (SSSR count). The topological polar surface area (TPSA) is 38.7 Å². The fourth-order valence-electron chi connectivity index (χ4n) is 1.41. The molecule has 1 N–H and O–H groups in total. The molecule has 4 heteroatoms. The Labute approximate surface area is 94.6 Å². The number of ether oxygens (including phenoxy) is 2. The van der Waals surface area contributed by atoms with Crippen LogP contribution >= 0.6 is 11.6 Å². The van der Waals surface area contributed by atoms with Crippen LogP contribution in [0.5, 0.6) is 5.75 Å². The number of rotatable bonds is 5. The van der Waals surface area contributed by atoms with Crippen LogP contribution in [0.1, 0.15) is 5.56 Å². The average Bonchev–Trinajstić information content (AvgIpc) is 2.18. The number of benzene rings is 1. The van der Waals surface area contributed by atoms with E-state index in [1.54, 1.807) is 32.4 Å². The first-order valence-corrected chi connectivity index (χ1v) is 5.04. The summed E-state index contributed by atoms with van der Waals surface area (Å²) in [7, 11) is 3.15. The molecular weight excluding hydrogens is 216 g/mol. The molecule has 0 spiro atoms. The number of hydrogen-bond donors (Lipinski definition) is 1. The van der Waals surface area contributed by atoms with E-state index >= 15 is 0 Å². The molecule has 1 aromatic rings. The number of hydrogen-bond acceptors (Lipinski definition) is 3. The lowest BCUT2D eigenvalue weighted by Crippen LogP contribution is -2.17. The molecule has 0 radical (unpaired) electrons. The van der Waals surface area contributed by atoms with Crippen molar-refractivity contribution in [2.24, 2.45) is 0 Å². The summed E-state index contributed by atoms with van der Waals surface area (Å²) in [6.07, 6.45) is -0.0697. The van der Waals surface area contributed by atoms with E-state index in [1.165, 1.54) is 0 Å².